The minimum absolute atomic E-state index is 0. The molecule has 0 spiro atoms. The van der Waals surface area contributed by atoms with Crippen molar-refractivity contribution in [2.45, 2.75) is 63.5 Å². The number of nitrogens with two attached hydrogens (primary N) is 2. The number of hydrogen-bond acceptors (Lipinski definition) is 1. The highest BCUT2D eigenvalue weighted by Gasteiger charge is 2.18. The highest BCUT2D eigenvalue weighted by atomic mass is 35.5. The first kappa shape index (κ1) is 26.8. The fraction of sp³-hybridized carbons (Fsp3) is 0.357. The molecule has 2 aromatic carbocycles. The van der Waals surface area contributed by atoms with Crippen molar-refractivity contribution in [3.8, 4) is 22.5 Å². The van der Waals surface area contributed by atoms with E-state index in [1.165, 1.54) is 51.4 Å². The third-order valence-corrected chi connectivity index (χ3v) is 7.04. The maximum Gasteiger partial charge on any atom is 0.273 e. The SMILES string of the molecule is NC(=[NH+]C1CCCC1)c1ccc(-c2coc(-c3ccc(C(N)=[NH+]C4CCCC4)cc3)c2)cc1.[Cl-].[Cl-]. The predicted octanol–water partition coefficient (Wildman–Crippen LogP) is -3.92. The zero-order chi connectivity index (χ0) is 22.6. The number of amidine groups is 2. The number of nitrogens with one attached hydrogen (secondary N) is 2. The van der Waals surface area contributed by atoms with Gasteiger partial charge in [0.2, 0.25) is 0 Å². The summed E-state index contributed by atoms with van der Waals surface area (Å²) in [7, 11) is 0. The van der Waals surface area contributed by atoms with Crippen LogP contribution in [0.3, 0.4) is 0 Å². The first-order valence-corrected chi connectivity index (χ1v) is 12.2. The number of rotatable bonds is 6. The van der Waals surface area contributed by atoms with Crippen LogP contribution in [-0.2, 0) is 0 Å². The van der Waals surface area contributed by atoms with E-state index in [-0.39, 0.29) is 24.8 Å². The maximum atomic E-state index is 6.29. The molecule has 186 valence electrons. The van der Waals surface area contributed by atoms with Crippen molar-refractivity contribution in [2.75, 3.05) is 0 Å². The lowest BCUT2D eigenvalue weighted by Gasteiger charge is -2.03. The van der Waals surface area contributed by atoms with Gasteiger partial charge >= 0.3 is 0 Å². The molecule has 2 saturated carbocycles. The summed E-state index contributed by atoms with van der Waals surface area (Å²) >= 11 is 0. The van der Waals surface area contributed by atoms with E-state index in [2.05, 4.69) is 64.6 Å². The van der Waals surface area contributed by atoms with Crippen LogP contribution in [0, 0.1) is 0 Å². The minimum atomic E-state index is 0. The van der Waals surface area contributed by atoms with Gasteiger partial charge in [-0.25, -0.2) is 0 Å². The number of halogens is 2. The van der Waals surface area contributed by atoms with Crippen molar-refractivity contribution < 1.29 is 39.2 Å². The summed E-state index contributed by atoms with van der Waals surface area (Å²) in [5.41, 5.74) is 17.8. The summed E-state index contributed by atoms with van der Waals surface area (Å²) in [5.74, 6) is 2.36. The van der Waals surface area contributed by atoms with E-state index in [0.717, 1.165) is 45.2 Å². The summed E-state index contributed by atoms with van der Waals surface area (Å²) in [6.07, 6.45) is 11.8. The van der Waals surface area contributed by atoms with Gasteiger partial charge in [0.05, 0.1) is 29.5 Å². The molecule has 5 nitrogen and oxygen atoms in total. The molecule has 0 bridgehead atoms. The standard InChI is InChI=1S/C28H32N4O.2ClH/c29-27(31-24-5-1-2-6-24)21-13-9-19(10-14-21)23-17-26(33-18-23)20-11-15-22(16-12-20)28(30)32-25-7-3-4-8-25;;/h9-18,24-25H,1-8H2,(H2,29,31)(H2,30,32);2*1H. The van der Waals surface area contributed by atoms with Crippen LogP contribution >= 0.6 is 0 Å². The topological polar surface area (TPSA) is 93.1 Å². The van der Waals surface area contributed by atoms with Crippen LogP contribution in [0.4, 0.5) is 0 Å². The first-order chi connectivity index (χ1) is 16.2. The molecule has 1 aromatic heterocycles. The number of furan rings is 1. The molecule has 0 radical (unpaired) electrons. The molecule has 7 heteroatoms. The molecule has 0 aliphatic heterocycles. The second kappa shape index (κ2) is 12.3. The largest absolute Gasteiger partial charge is 1.00 e. The van der Waals surface area contributed by atoms with Gasteiger partial charge in [-0.1, -0.05) is 24.3 Å². The van der Waals surface area contributed by atoms with Gasteiger partial charge in [-0.05, 0) is 87.3 Å². The van der Waals surface area contributed by atoms with Crippen LogP contribution in [0.15, 0.2) is 65.3 Å². The van der Waals surface area contributed by atoms with Crippen molar-refractivity contribution in [3.05, 3.63) is 72.0 Å². The number of hydrogen-bond donors (Lipinski definition) is 4. The molecular weight excluding hydrogens is 479 g/mol. The molecular formula is C28H34Cl2N4O. The van der Waals surface area contributed by atoms with Gasteiger partial charge in [0.25, 0.3) is 11.7 Å². The van der Waals surface area contributed by atoms with E-state index < -0.39 is 0 Å². The van der Waals surface area contributed by atoms with E-state index in [1.807, 2.05) is 6.26 Å². The Morgan fingerprint density at radius 3 is 1.51 bits per heavy atom. The van der Waals surface area contributed by atoms with Crippen LogP contribution in [-0.4, -0.2) is 23.8 Å². The van der Waals surface area contributed by atoms with Gasteiger partial charge in [0.15, 0.2) is 0 Å². The maximum absolute atomic E-state index is 6.29. The van der Waals surface area contributed by atoms with Crippen molar-refractivity contribution in [2.24, 2.45) is 11.5 Å². The fourth-order valence-electron chi connectivity index (χ4n) is 5.04. The van der Waals surface area contributed by atoms with Crippen molar-refractivity contribution in [1.29, 1.82) is 0 Å². The molecule has 2 aliphatic rings. The van der Waals surface area contributed by atoms with Crippen molar-refractivity contribution in [3.63, 3.8) is 0 Å². The molecule has 35 heavy (non-hydrogen) atoms. The van der Waals surface area contributed by atoms with Crippen LogP contribution in [0.1, 0.15) is 62.5 Å². The molecule has 0 amide bonds. The Balaban J connectivity index is 0.00000171. The molecule has 2 fully saturated rings. The van der Waals surface area contributed by atoms with Crippen LogP contribution in [0.25, 0.3) is 22.5 Å². The van der Waals surface area contributed by atoms with E-state index in [0.29, 0.717) is 12.1 Å². The Morgan fingerprint density at radius 1 is 0.629 bits per heavy atom. The van der Waals surface area contributed by atoms with E-state index in [9.17, 15) is 0 Å². The van der Waals surface area contributed by atoms with Crippen molar-refractivity contribution in [1.82, 2.24) is 0 Å². The quantitative estimate of drug-likeness (QED) is 0.201. The number of benzene rings is 2. The molecule has 6 N–H and O–H groups in total. The fourth-order valence-corrected chi connectivity index (χ4v) is 5.04. The Hall–Kier alpha value is -2.76. The summed E-state index contributed by atoms with van der Waals surface area (Å²) in [4.78, 5) is 6.94. The normalized spacial score (nSPS) is 17.3. The average molecular weight is 514 g/mol. The average Bonchev–Trinajstić information content (AvgIpc) is 3.62. The van der Waals surface area contributed by atoms with Gasteiger partial charge in [-0.3, -0.25) is 21.5 Å². The lowest BCUT2D eigenvalue weighted by molar-refractivity contribution is -0.501. The number of nitrogen functional groups attached to an aromatic ring is 2. The molecule has 0 atom stereocenters. The Labute approximate surface area is 219 Å². The Bertz CT molecular complexity index is 1050. The monoisotopic (exact) mass is 512 g/mol. The molecule has 3 aromatic rings. The lowest BCUT2D eigenvalue weighted by atomic mass is 10.0. The Kier molecular flexibility index (Phi) is 9.41. The molecule has 1 heterocycles. The highest BCUT2D eigenvalue weighted by Crippen LogP contribution is 2.29. The summed E-state index contributed by atoms with van der Waals surface area (Å²) < 4.78 is 5.88. The molecule has 0 unspecified atom stereocenters. The van der Waals surface area contributed by atoms with Gasteiger partial charge in [0, 0.05) is 11.1 Å². The van der Waals surface area contributed by atoms with Gasteiger partial charge in [0.1, 0.15) is 5.76 Å². The molecule has 2 aliphatic carbocycles. The summed E-state index contributed by atoms with van der Waals surface area (Å²) in [6, 6.07) is 19.7. The third kappa shape index (κ3) is 6.47. The first-order valence-electron chi connectivity index (χ1n) is 12.2. The van der Waals surface area contributed by atoms with Crippen molar-refractivity contribution >= 4 is 11.7 Å². The smallest absolute Gasteiger partial charge is 0.273 e. The van der Waals surface area contributed by atoms with Crippen LogP contribution in [0.5, 0.6) is 0 Å². The zero-order valence-electron chi connectivity index (χ0n) is 19.9. The van der Waals surface area contributed by atoms with Gasteiger partial charge in [-0.2, -0.15) is 0 Å². The second-order valence-corrected chi connectivity index (χ2v) is 9.43. The minimum Gasteiger partial charge on any atom is -1.00 e. The lowest BCUT2D eigenvalue weighted by Crippen LogP contribution is -3.00. The predicted molar refractivity (Wildman–Crippen MR) is 133 cm³/mol. The highest BCUT2D eigenvalue weighted by molar-refractivity contribution is 5.94. The summed E-state index contributed by atoms with van der Waals surface area (Å²) in [5, 5.41) is 0. The van der Waals surface area contributed by atoms with Crippen LogP contribution in [0.2, 0.25) is 0 Å². The summed E-state index contributed by atoms with van der Waals surface area (Å²) in [6.45, 7) is 0. The van der Waals surface area contributed by atoms with E-state index >= 15 is 0 Å². The molecule has 5 rings (SSSR count). The zero-order valence-corrected chi connectivity index (χ0v) is 21.4. The Morgan fingerprint density at radius 2 is 1.06 bits per heavy atom. The third-order valence-electron chi connectivity index (χ3n) is 7.04. The van der Waals surface area contributed by atoms with Gasteiger partial charge < -0.3 is 29.2 Å². The van der Waals surface area contributed by atoms with E-state index in [4.69, 9.17) is 15.9 Å². The van der Waals surface area contributed by atoms with Crippen LogP contribution < -0.4 is 46.3 Å². The van der Waals surface area contributed by atoms with Gasteiger partial charge in [-0.15, -0.1) is 0 Å². The van der Waals surface area contributed by atoms with E-state index in [1.54, 1.807) is 0 Å². The molecule has 0 saturated heterocycles. The second-order valence-electron chi connectivity index (χ2n) is 9.43.